The van der Waals surface area contributed by atoms with Gasteiger partial charge in [0.05, 0.1) is 12.5 Å². The summed E-state index contributed by atoms with van der Waals surface area (Å²) in [6.45, 7) is 8.91. The van der Waals surface area contributed by atoms with E-state index < -0.39 is 5.97 Å². The van der Waals surface area contributed by atoms with Crippen LogP contribution in [0.2, 0.25) is 5.02 Å². The van der Waals surface area contributed by atoms with Gasteiger partial charge in [0.15, 0.2) is 0 Å². The molecule has 1 aliphatic rings. The molecule has 0 radical (unpaired) electrons. The molecule has 1 aromatic carbocycles. The van der Waals surface area contributed by atoms with Crippen LogP contribution in [0.5, 0.6) is 5.75 Å². The molecule has 3 unspecified atom stereocenters. The molecule has 0 aliphatic heterocycles. The zero-order valence-electron chi connectivity index (χ0n) is 13.8. The summed E-state index contributed by atoms with van der Waals surface area (Å²) in [6.07, 6.45) is 2.57. The Kier molecular flexibility index (Phi) is 5.38. The highest BCUT2D eigenvalue weighted by molar-refractivity contribution is 6.32. The Bertz CT molecular complexity index is 568. The van der Waals surface area contributed by atoms with Crippen LogP contribution in [-0.4, -0.2) is 17.7 Å². The number of ether oxygens (including phenoxy) is 1. The molecule has 0 bridgehead atoms. The van der Waals surface area contributed by atoms with E-state index in [-0.39, 0.29) is 11.8 Å². The molecule has 0 amide bonds. The third-order valence-corrected chi connectivity index (χ3v) is 5.23. The largest absolute Gasteiger partial charge is 0.493 e. The highest BCUT2D eigenvalue weighted by Gasteiger charge is 2.46. The van der Waals surface area contributed by atoms with Crippen LogP contribution < -0.4 is 4.74 Å². The van der Waals surface area contributed by atoms with Gasteiger partial charge in [-0.2, -0.15) is 0 Å². The highest BCUT2D eigenvalue weighted by atomic mass is 35.5. The third kappa shape index (κ3) is 3.57. The first-order valence-corrected chi connectivity index (χ1v) is 8.38. The molecule has 0 aromatic heterocycles. The van der Waals surface area contributed by atoms with Crippen molar-refractivity contribution in [3.05, 3.63) is 27.8 Å². The van der Waals surface area contributed by atoms with Crippen LogP contribution in [0.25, 0.3) is 0 Å². The van der Waals surface area contributed by atoms with Crippen molar-refractivity contribution in [2.24, 2.45) is 17.8 Å². The molecule has 1 saturated carbocycles. The second-order valence-electron chi connectivity index (χ2n) is 6.48. The van der Waals surface area contributed by atoms with Crippen molar-refractivity contribution in [2.75, 3.05) is 6.61 Å². The topological polar surface area (TPSA) is 46.5 Å². The minimum Gasteiger partial charge on any atom is -0.493 e. The second-order valence-corrected chi connectivity index (χ2v) is 6.86. The summed E-state index contributed by atoms with van der Waals surface area (Å²) >= 11 is 6.40. The lowest BCUT2D eigenvalue weighted by Gasteiger charge is -2.19. The maximum Gasteiger partial charge on any atom is 0.306 e. The lowest BCUT2D eigenvalue weighted by Crippen LogP contribution is -2.11. The Balaban J connectivity index is 2.21. The van der Waals surface area contributed by atoms with Crippen LogP contribution in [0.3, 0.4) is 0 Å². The van der Waals surface area contributed by atoms with E-state index in [1.165, 1.54) is 0 Å². The van der Waals surface area contributed by atoms with Gasteiger partial charge in [0, 0.05) is 5.02 Å². The fourth-order valence-electron chi connectivity index (χ4n) is 3.16. The van der Waals surface area contributed by atoms with Gasteiger partial charge in [-0.05, 0) is 67.7 Å². The third-order valence-electron chi connectivity index (χ3n) is 4.65. The Hall–Kier alpha value is -1.22. The van der Waals surface area contributed by atoms with Crippen LogP contribution in [0.1, 0.15) is 43.4 Å². The number of halogens is 1. The molecule has 0 spiro atoms. The molecule has 3 nitrogen and oxygen atoms in total. The highest BCUT2D eigenvalue weighted by Crippen LogP contribution is 2.46. The van der Waals surface area contributed by atoms with Gasteiger partial charge in [-0.1, -0.05) is 25.4 Å². The van der Waals surface area contributed by atoms with E-state index in [1.807, 2.05) is 19.9 Å². The zero-order chi connectivity index (χ0) is 16.4. The number of hydrogen-bond donors (Lipinski definition) is 1. The first-order valence-electron chi connectivity index (χ1n) is 8.00. The summed E-state index contributed by atoms with van der Waals surface area (Å²) in [6, 6.07) is 2.01. The lowest BCUT2D eigenvalue weighted by atomic mass is 9.91. The molecule has 0 heterocycles. The number of carbonyl (C=O) groups is 1. The fraction of sp³-hybridized carbons (Fsp3) is 0.611. The van der Waals surface area contributed by atoms with E-state index in [0.29, 0.717) is 12.5 Å². The molecule has 1 aliphatic carbocycles. The maximum absolute atomic E-state index is 11.1. The first-order chi connectivity index (χ1) is 10.4. The van der Waals surface area contributed by atoms with E-state index in [4.69, 9.17) is 21.4 Å². The molecule has 0 saturated heterocycles. The molecule has 122 valence electrons. The van der Waals surface area contributed by atoms with E-state index in [1.54, 1.807) is 0 Å². The molecular weight excluding hydrogens is 300 g/mol. The average molecular weight is 325 g/mol. The van der Waals surface area contributed by atoms with Crippen LogP contribution >= 0.6 is 11.6 Å². The monoisotopic (exact) mass is 324 g/mol. The van der Waals surface area contributed by atoms with Gasteiger partial charge in [0.1, 0.15) is 5.75 Å². The molecule has 2 rings (SSSR count). The number of carboxylic acids is 1. The number of aliphatic carboxylic acids is 1. The molecule has 3 atom stereocenters. The Morgan fingerprint density at radius 2 is 2.18 bits per heavy atom. The molecule has 4 heteroatoms. The van der Waals surface area contributed by atoms with Gasteiger partial charge >= 0.3 is 5.97 Å². The van der Waals surface area contributed by atoms with E-state index in [2.05, 4.69) is 13.8 Å². The van der Waals surface area contributed by atoms with Crippen molar-refractivity contribution >= 4 is 17.6 Å². The quantitative estimate of drug-likeness (QED) is 0.794. The smallest absolute Gasteiger partial charge is 0.306 e. The van der Waals surface area contributed by atoms with Crippen LogP contribution in [0.4, 0.5) is 0 Å². The molecule has 1 fully saturated rings. The molecule has 1 aromatic rings. The second kappa shape index (κ2) is 6.91. The van der Waals surface area contributed by atoms with E-state index in [9.17, 15) is 4.79 Å². The summed E-state index contributed by atoms with van der Waals surface area (Å²) < 4.78 is 5.90. The Morgan fingerprint density at radius 1 is 1.50 bits per heavy atom. The van der Waals surface area contributed by atoms with Crippen molar-refractivity contribution in [1.29, 1.82) is 0 Å². The van der Waals surface area contributed by atoms with Crippen LogP contribution in [0, 0.1) is 31.6 Å². The Labute approximate surface area is 137 Å². The summed E-state index contributed by atoms with van der Waals surface area (Å²) in [5.41, 5.74) is 3.22. The van der Waals surface area contributed by atoms with Gasteiger partial charge < -0.3 is 9.84 Å². The van der Waals surface area contributed by atoms with Gasteiger partial charge in [0.2, 0.25) is 0 Å². The number of hydrogen-bond acceptors (Lipinski definition) is 2. The van der Waals surface area contributed by atoms with E-state index >= 15 is 0 Å². The normalized spacial score (nSPS) is 21.5. The summed E-state index contributed by atoms with van der Waals surface area (Å²) in [4.78, 5) is 11.1. The van der Waals surface area contributed by atoms with Crippen molar-refractivity contribution in [2.45, 2.75) is 47.0 Å². The van der Waals surface area contributed by atoms with Crippen molar-refractivity contribution in [3.63, 3.8) is 0 Å². The Morgan fingerprint density at radius 3 is 2.73 bits per heavy atom. The zero-order valence-corrected chi connectivity index (χ0v) is 14.5. The van der Waals surface area contributed by atoms with Crippen molar-refractivity contribution < 1.29 is 14.6 Å². The first kappa shape index (κ1) is 17.1. The maximum atomic E-state index is 11.1. The predicted molar refractivity (Wildman–Crippen MR) is 88.8 cm³/mol. The standard InChI is InChI=1S/C18H25ClO3/c1-5-6-22-16-8-11(3)17(19)12(4)14(16)7-10(2)13-9-15(13)18(20)21/h8,10,13,15H,5-7,9H2,1-4H3,(H,20,21). The minimum absolute atomic E-state index is 0.170. The van der Waals surface area contributed by atoms with Crippen molar-refractivity contribution in [3.8, 4) is 5.75 Å². The molecular formula is C18H25ClO3. The molecule has 22 heavy (non-hydrogen) atoms. The number of rotatable bonds is 7. The SMILES string of the molecule is CCCOc1cc(C)c(Cl)c(C)c1CC(C)C1CC1C(=O)O. The summed E-state index contributed by atoms with van der Waals surface area (Å²) in [5, 5.41) is 9.89. The van der Waals surface area contributed by atoms with Crippen LogP contribution in [-0.2, 0) is 11.2 Å². The number of aryl methyl sites for hydroxylation is 1. The predicted octanol–water partition coefficient (Wildman–Crippen LogP) is 4.64. The number of carboxylic acid groups (broad SMARTS) is 1. The minimum atomic E-state index is -0.669. The lowest BCUT2D eigenvalue weighted by molar-refractivity contribution is -0.139. The summed E-state index contributed by atoms with van der Waals surface area (Å²) in [5.74, 6) is 0.661. The van der Waals surface area contributed by atoms with Gasteiger partial charge in [-0.15, -0.1) is 0 Å². The van der Waals surface area contributed by atoms with Gasteiger partial charge in [-0.25, -0.2) is 0 Å². The van der Waals surface area contributed by atoms with E-state index in [0.717, 1.165) is 46.7 Å². The van der Waals surface area contributed by atoms with Gasteiger partial charge in [-0.3, -0.25) is 4.79 Å². The van der Waals surface area contributed by atoms with Crippen LogP contribution in [0.15, 0.2) is 6.07 Å². The molecule has 1 N–H and O–H groups in total. The number of benzene rings is 1. The van der Waals surface area contributed by atoms with Gasteiger partial charge in [0.25, 0.3) is 0 Å². The average Bonchev–Trinajstić information content (AvgIpc) is 3.26. The fourth-order valence-corrected chi connectivity index (χ4v) is 3.32. The van der Waals surface area contributed by atoms with Crippen molar-refractivity contribution in [1.82, 2.24) is 0 Å². The summed E-state index contributed by atoms with van der Waals surface area (Å²) in [7, 11) is 0.